The highest BCUT2D eigenvalue weighted by Crippen LogP contribution is 2.37. The SMILES string of the molecule is CC#CNCC(C)N(CC)C(=O)Nc1cc(C(F)(F)F)cc(C(F)(F)F)c1. The summed E-state index contributed by atoms with van der Waals surface area (Å²) in [5.74, 6) is 2.60. The van der Waals surface area contributed by atoms with Gasteiger partial charge in [0.25, 0.3) is 0 Å². The van der Waals surface area contributed by atoms with E-state index in [0.717, 1.165) is 0 Å². The first kappa shape index (κ1) is 22.5. The Morgan fingerprint density at radius 3 is 2.04 bits per heavy atom. The lowest BCUT2D eigenvalue weighted by atomic mass is 10.1. The maximum atomic E-state index is 12.9. The first-order valence-corrected chi connectivity index (χ1v) is 7.91. The largest absolute Gasteiger partial charge is 0.416 e. The minimum atomic E-state index is -4.98. The van der Waals surface area contributed by atoms with Crippen molar-refractivity contribution >= 4 is 11.7 Å². The van der Waals surface area contributed by atoms with Gasteiger partial charge in [-0.1, -0.05) is 5.92 Å². The normalized spacial score (nSPS) is 12.6. The third-order valence-corrected chi connectivity index (χ3v) is 3.58. The number of rotatable bonds is 5. The number of carbonyl (C=O) groups is 1. The summed E-state index contributed by atoms with van der Waals surface area (Å²) in [6.07, 6.45) is -9.97. The summed E-state index contributed by atoms with van der Waals surface area (Å²) in [5, 5.41) is 4.86. The third-order valence-electron chi connectivity index (χ3n) is 3.58. The number of likely N-dealkylation sites (N-methyl/N-ethyl adjacent to an activating group) is 1. The van der Waals surface area contributed by atoms with Gasteiger partial charge in [-0.25, -0.2) is 4.79 Å². The second kappa shape index (κ2) is 8.88. The number of halogens is 6. The molecule has 10 heteroatoms. The quantitative estimate of drug-likeness (QED) is 0.437. The van der Waals surface area contributed by atoms with Gasteiger partial charge in [-0.2, -0.15) is 26.3 Å². The predicted octanol–water partition coefficient (Wildman–Crippen LogP) is 4.54. The molecule has 0 aliphatic carbocycles. The molecule has 2 N–H and O–H groups in total. The zero-order valence-electron chi connectivity index (χ0n) is 14.8. The highest BCUT2D eigenvalue weighted by atomic mass is 19.4. The van der Waals surface area contributed by atoms with E-state index >= 15 is 0 Å². The average molecular weight is 395 g/mol. The lowest BCUT2D eigenvalue weighted by Gasteiger charge is -2.28. The number of nitrogens with one attached hydrogen (secondary N) is 2. The van der Waals surface area contributed by atoms with Gasteiger partial charge in [-0.15, -0.1) is 0 Å². The molecule has 0 spiro atoms. The summed E-state index contributed by atoms with van der Waals surface area (Å²) < 4.78 is 77.3. The van der Waals surface area contributed by atoms with Crippen molar-refractivity contribution in [1.82, 2.24) is 10.2 Å². The Hall–Kier alpha value is -2.57. The molecule has 1 aromatic rings. The zero-order valence-corrected chi connectivity index (χ0v) is 14.8. The Morgan fingerprint density at radius 2 is 1.63 bits per heavy atom. The van der Waals surface area contributed by atoms with Gasteiger partial charge < -0.3 is 15.5 Å². The number of amides is 2. The van der Waals surface area contributed by atoms with Crippen molar-refractivity contribution in [2.75, 3.05) is 18.4 Å². The summed E-state index contributed by atoms with van der Waals surface area (Å²) in [4.78, 5) is 13.6. The van der Waals surface area contributed by atoms with Crippen LogP contribution in [0.1, 0.15) is 31.9 Å². The van der Waals surface area contributed by atoms with E-state index in [4.69, 9.17) is 0 Å². The molecule has 0 aliphatic rings. The minimum Gasteiger partial charge on any atom is -0.344 e. The Morgan fingerprint density at radius 1 is 1.11 bits per heavy atom. The molecule has 150 valence electrons. The molecule has 1 atom stereocenters. The van der Waals surface area contributed by atoms with Gasteiger partial charge in [0.1, 0.15) is 0 Å². The van der Waals surface area contributed by atoms with Crippen LogP contribution in [0.3, 0.4) is 0 Å². The lowest BCUT2D eigenvalue weighted by molar-refractivity contribution is -0.143. The number of nitrogens with zero attached hydrogens (tertiary/aromatic N) is 1. The van der Waals surface area contributed by atoms with Crippen LogP contribution in [0.2, 0.25) is 0 Å². The molecule has 0 bridgehead atoms. The number of alkyl halides is 6. The molecule has 0 saturated carbocycles. The summed E-state index contributed by atoms with van der Waals surface area (Å²) in [5.41, 5.74) is -3.58. The van der Waals surface area contributed by atoms with Crippen LogP contribution in [0.25, 0.3) is 0 Å². The Kier molecular flexibility index (Phi) is 7.39. The van der Waals surface area contributed by atoms with E-state index in [1.54, 1.807) is 20.8 Å². The second-order valence-corrected chi connectivity index (χ2v) is 5.62. The monoisotopic (exact) mass is 395 g/mol. The Labute approximate surface area is 152 Å². The molecule has 0 saturated heterocycles. The van der Waals surface area contributed by atoms with Crippen LogP contribution in [0, 0.1) is 12.0 Å². The number of hydrogen-bond acceptors (Lipinski definition) is 2. The molecule has 0 heterocycles. The van der Waals surface area contributed by atoms with E-state index in [-0.39, 0.29) is 19.2 Å². The van der Waals surface area contributed by atoms with Crippen LogP contribution in [0.5, 0.6) is 0 Å². The molecule has 1 aromatic carbocycles. The van der Waals surface area contributed by atoms with E-state index in [2.05, 4.69) is 22.6 Å². The number of benzene rings is 1. The zero-order chi connectivity index (χ0) is 20.8. The van der Waals surface area contributed by atoms with Gasteiger partial charge in [0.2, 0.25) is 0 Å². The van der Waals surface area contributed by atoms with Crippen LogP contribution in [-0.4, -0.2) is 30.1 Å². The number of urea groups is 1. The molecule has 4 nitrogen and oxygen atoms in total. The molecule has 2 amide bonds. The number of anilines is 1. The molecule has 1 unspecified atom stereocenters. The van der Waals surface area contributed by atoms with Crippen molar-refractivity contribution in [1.29, 1.82) is 0 Å². The van der Waals surface area contributed by atoms with Gasteiger partial charge in [0.15, 0.2) is 0 Å². The molecule has 27 heavy (non-hydrogen) atoms. The Balaban J connectivity index is 3.10. The molecule has 0 aromatic heterocycles. The van der Waals surface area contributed by atoms with Crippen LogP contribution in [0.4, 0.5) is 36.8 Å². The maximum absolute atomic E-state index is 12.9. The first-order valence-electron chi connectivity index (χ1n) is 7.91. The van der Waals surface area contributed by atoms with Gasteiger partial charge in [-0.3, -0.25) is 0 Å². The van der Waals surface area contributed by atoms with Crippen molar-refractivity contribution in [3.63, 3.8) is 0 Å². The van der Waals surface area contributed by atoms with Gasteiger partial charge in [0, 0.05) is 30.9 Å². The smallest absolute Gasteiger partial charge is 0.344 e. The molecule has 0 aliphatic heterocycles. The lowest BCUT2D eigenvalue weighted by Crippen LogP contribution is -2.45. The summed E-state index contributed by atoms with van der Waals surface area (Å²) in [6.45, 7) is 5.38. The van der Waals surface area contributed by atoms with E-state index < -0.39 is 41.2 Å². The van der Waals surface area contributed by atoms with Crippen LogP contribution in [-0.2, 0) is 12.4 Å². The highest BCUT2D eigenvalue weighted by molar-refractivity contribution is 5.89. The van der Waals surface area contributed by atoms with Crippen molar-refractivity contribution in [2.45, 2.75) is 39.2 Å². The van der Waals surface area contributed by atoms with Crippen LogP contribution in [0.15, 0.2) is 18.2 Å². The fourth-order valence-corrected chi connectivity index (χ4v) is 2.28. The maximum Gasteiger partial charge on any atom is 0.416 e. The van der Waals surface area contributed by atoms with Crippen LogP contribution >= 0.6 is 0 Å². The van der Waals surface area contributed by atoms with E-state index in [1.807, 2.05) is 0 Å². The van der Waals surface area contributed by atoms with E-state index in [9.17, 15) is 31.1 Å². The fraction of sp³-hybridized carbons (Fsp3) is 0.471. The average Bonchev–Trinajstić information content (AvgIpc) is 2.53. The molecular formula is C17H19F6N3O. The highest BCUT2D eigenvalue weighted by Gasteiger charge is 2.37. The minimum absolute atomic E-state index is 0.00318. The topological polar surface area (TPSA) is 44.4 Å². The van der Waals surface area contributed by atoms with Crippen molar-refractivity contribution in [3.8, 4) is 12.0 Å². The van der Waals surface area contributed by atoms with Crippen LogP contribution < -0.4 is 10.6 Å². The van der Waals surface area contributed by atoms with Gasteiger partial charge in [0.05, 0.1) is 11.1 Å². The van der Waals surface area contributed by atoms with Crippen molar-refractivity contribution < 1.29 is 31.1 Å². The number of carbonyl (C=O) groups excluding carboxylic acids is 1. The number of hydrogen-bond donors (Lipinski definition) is 2. The van der Waals surface area contributed by atoms with Crippen molar-refractivity contribution in [3.05, 3.63) is 29.3 Å². The summed E-state index contributed by atoms with van der Waals surface area (Å²) >= 11 is 0. The first-order chi connectivity index (χ1) is 12.4. The van der Waals surface area contributed by atoms with E-state index in [0.29, 0.717) is 12.1 Å². The van der Waals surface area contributed by atoms with Crippen molar-refractivity contribution in [2.24, 2.45) is 0 Å². The molecule has 1 rings (SSSR count). The standard InChI is InChI=1S/C17H19F6N3O/c1-4-6-24-10-11(3)26(5-2)15(27)25-14-8-12(16(18,19)20)7-13(9-14)17(21,22)23/h7-9,11,24H,5,10H2,1-3H3,(H,25,27). The van der Waals surface area contributed by atoms with E-state index in [1.165, 1.54) is 4.90 Å². The third kappa shape index (κ3) is 6.58. The molecular weight excluding hydrogens is 376 g/mol. The fourth-order valence-electron chi connectivity index (χ4n) is 2.28. The second-order valence-electron chi connectivity index (χ2n) is 5.62. The summed E-state index contributed by atoms with van der Waals surface area (Å²) in [6, 6.07) is 2.30. The van der Waals surface area contributed by atoms with Gasteiger partial charge >= 0.3 is 18.4 Å². The summed E-state index contributed by atoms with van der Waals surface area (Å²) in [7, 11) is 0. The Bertz CT molecular complexity index is 686. The molecule has 0 fully saturated rings. The molecule has 0 radical (unpaired) electrons. The predicted molar refractivity (Wildman–Crippen MR) is 88.8 cm³/mol. The van der Waals surface area contributed by atoms with Gasteiger partial charge in [-0.05, 0) is 39.0 Å².